The van der Waals surface area contributed by atoms with Crippen molar-refractivity contribution in [2.45, 2.75) is 69.1 Å². The monoisotopic (exact) mass is 661 g/mol. The average Bonchev–Trinajstić information content (AvgIpc) is 3.71. The molecule has 0 aliphatic carbocycles. The first-order valence-corrected chi connectivity index (χ1v) is 19.1. The van der Waals surface area contributed by atoms with Crippen molar-refractivity contribution >= 4 is 25.8 Å². The lowest BCUT2D eigenvalue weighted by Gasteiger charge is -2.33. The Hall–Kier alpha value is -3.97. The first kappa shape index (κ1) is 32.9. The predicted octanol–water partition coefficient (Wildman–Crippen LogP) is 3.57. The first-order valence-electron chi connectivity index (χ1n) is 16.1. The maximum atomic E-state index is 14.8. The molecule has 0 saturated carbocycles. The van der Waals surface area contributed by atoms with Crippen LogP contribution >= 0.6 is 0 Å². The van der Waals surface area contributed by atoms with Gasteiger partial charge in [-0.2, -0.15) is 0 Å². The Bertz CT molecular complexity index is 1740. The molecular formula is C35H43N3O8Si. The molecule has 1 aromatic heterocycles. The molecule has 3 aromatic rings. The van der Waals surface area contributed by atoms with Crippen LogP contribution in [0.25, 0.3) is 5.69 Å². The first-order chi connectivity index (χ1) is 22.4. The molecule has 250 valence electrons. The molecule has 2 amide bonds. The predicted molar refractivity (Wildman–Crippen MR) is 178 cm³/mol. The molecule has 3 aliphatic heterocycles. The zero-order chi connectivity index (χ0) is 33.7. The number of ether oxygens (including phenoxy) is 3. The van der Waals surface area contributed by atoms with E-state index in [4.69, 9.17) is 14.2 Å². The molecule has 2 saturated heterocycles. The standard InChI is InChI=1S/C35H43N3O8Si/c1-22-32(47(4,5)43)30(19-31(40)36-15-7-11-25(36)21-39)46-35(22)27-18-26(44-2)13-14-28(27)38(34(35)42)20-23-9-6-10-24(17-23)37-16-8-12-29(45-3)33(37)41/h6,8-10,12-14,16-18,22,25,30,32,39,43H,7,11,15,19-21H2,1-5H3/t22-,25-,30+,32-,35+/m0/s1. The third kappa shape index (κ3) is 5.56. The second-order valence-electron chi connectivity index (χ2n) is 13.3. The summed E-state index contributed by atoms with van der Waals surface area (Å²) in [6.45, 7) is 6.26. The quantitative estimate of drug-likeness (QED) is 0.333. The summed E-state index contributed by atoms with van der Waals surface area (Å²) in [7, 11) is 0.0255. The number of aromatic nitrogens is 1. The van der Waals surface area contributed by atoms with E-state index in [1.54, 1.807) is 41.3 Å². The Morgan fingerprint density at radius 3 is 2.57 bits per heavy atom. The molecule has 0 unspecified atom stereocenters. The van der Waals surface area contributed by atoms with Gasteiger partial charge in [0.1, 0.15) is 5.75 Å². The number of benzene rings is 2. The lowest BCUT2D eigenvalue weighted by atomic mass is 9.82. The van der Waals surface area contributed by atoms with Crippen LogP contribution in [0.3, 0.4) is 0 Å². The molecule has 0 bridgehead atoms. The lowest BCUT2D eigenvalue weighted by Crippen LogP contribution is -2.46. The fourth-order valence-corrected chi connectivity index (χ4v) is 10.6. The molecule has 2 N–H and O–H groups in total. The number of carbonyl (C=O) groups excluding carboxylic acids is 2. The van der Waals surface area contributed by atoms with Crippen molar-refractivity contribution in [2.75, 3.05) is 32.3 Å². The summed E-state index contributed by atoms with van der Waals surface area (Å²) in [6.07, 6.45) is 2.54. The minimum atomic E-state index is -2.99. The number of fused-ring (bicyclic) bond motifs is 2. The fourth-order valence-electron chi connectivity index (χ4n) is 8.00. The number of aliphatic hydroxyl groups excluding tert-OH is 1. The van der Waals surface area contributed by atoms with E-state index in [1.807, 2.05) is 56.4 Å². The minimum Gasteiger partial charge on any atom is -0.497 e. The van der Waals surface area contributed by atoms with Gasteiger partial charge in [-0.3, -0.25) is 19.0 Å². The molecule has 1 spiro atoms. The van der Waals surface area contributed by atoms with Crippen molar-refractivity contribution in [3.63, 3.8) is 0 Å². The van der Waals surface area contributed by atoms with Crippen molar-refractivity contribution < 1.29 is 33.7 Å². The van der Waals surface area contributed by atoms with E-state index in [0.717, 1.165) is 18.4 Å². The lowest BCUT2D eigenvalue weighted by molar-refractivity contribution is -0.150. The molecule has 0 radical (unpaired) electrons. The van der Waals surface area contributed by atoms with Crippen LogP contribution in [-0.2, 0) is 26.5 Å². The van der Waals surface area contributed by atoms with Gasteiger partial charge in [0.05, 0.1) is 51.6 Å². The highest BCUT2D eigenvalue weighted by molar-refractivity contribution is 6.71. The Labute approximate surface area is 275 Å². The Kier molecular flexibility index (Phi) is 8.81. The fraction of sp³-hybridized carbons (Fsp3) is 0.457. The normalized spacial score (nSPS) is 25.5. The number of hydrogen-bond donors (Lipinski definition) is 2. The van der Waals surface area contributed by atoms with Gasteiger partial charge in [-0.15, -0.1) is 0 Å². The van der Waals surface area contributed by atoms with E-state index < -0.39 is 31.5 Å². The van der Waals surface area contributed by atoms with Crippen LogP contribution in [0.15, 0.2) is 65.6 Å². The summed E-state index contributed by atoms with van der Waals surface area (Å²) < 4.78 is 19.2. The van der Waals surface area contributed by atoms with Crippen LogP contribution in [0.2, 0.25) is 18.6 Å². The average molecular weight is 662 g/mol. The Morgan fingerprint density at radius 2 is 1.87 bits per heavy atom. The highest BCUT2D eigenvalue weighted by Crippen LogP contribution is 2.60. The second-order valence-corrected chi connectivity index (χ2v) is 17.3. The summed E-state index contributed by atoms with van der Waals surface area (Å²) in [5, 5.41) is 9.86. The van der Waals surface area contributed by atoms with Gasteiger partial charge in [0, 0.05) is 35.5 Å². The smallest absolute Gasteiger partial charge is 0.297 e. The number of amides is 2. The molecule has 2 fully saturated rings. The van der Waals surface area contributed by atoms with Gasteiger partial charge in [-0.25, -0.2) is 0 Å². The van der Waals surface area contributed by atoms with Crippen molar-refractivity contribution in [2.24, 2.45) is 5.92 Å². The van der Waals surface area contributed by atoms with Crippen LogP contribution in [-0.4, -0.2) is 79.0 Å². The zero-order valence-electron chi connectivity index (χ0n) is 27.5. The molecule has 3 aliphatic rings. The highest BCUT2D eigenvalue weighted by atomic mass is 28.4. The molecular weight excluding hydrogens is 618 g/mol. The van der Waals surface area contributed by atoms with Gasteiger partial charge in [-0.05, 0) is 74.0 Å². The SMILES string of the molecule is COc1ccc2c(c1)[C@@]1(O[C@H](CC(=O)N3CCC[C@H]3CO)[C@@H]([Si](C)(C)O)[C@@H]1C)C(=O)N2Cc1cccc(-n2cccc(OC)c2=O)c1. The van der Waals surface area contributed by atoms with Crippen LogP contribution < -0.4 is 19.9 Å². The molecule has 47 heavy (non-hydrogen) atoms. The molecule has 11 nitrogen and oxygen atoms in total. The number of pyridine rings is 1. The number of likely N-dealkylation sites (tertiary alicyclic amines) is 1. The second kappa shape index (κ2) is 12.6. The van der Waals surface area contributed by atoms with E-state index in [9.17, 15) is 24.3 Å². The third-order valence-corrected chi connectivity index (χ3v) is 12.6. The van der Waals surface area contributed by atoms with Crippen molar-refractivity contribution in [3.05, 3.63) is 82.3 Å². The van der Waals surface area contributed by atoms with E-state index >= 15 is 0 Å². The number of rotatable bonds is 9. The van der Waals surface area contributed by atoms with Gasteiger partial charge in [0.2, 0.25) is 5.91 Å². The molecule has 6 rings (SSSR count). The summed E-state index contributed by atoms with van der Waals surface area (Å²) >= 11 is 0. The van der Waals surface area contributed by atoms with Crippen LogP contribution in [0.5, 0.6) is 11.5 Å². The highest BCUT2D eigenvalue weighted by Gasteiger charge is 2.66. The number of anilines is 1. The number of hydrogen-bond acceptors (Lipinski definition) is 8. The van der Waals surface area contributed by atoms with Crippen LogP contribution in [0.4, 0.5) is 5.69 Å². The van der Waals surface area contributed by atoms with E-state index in [-0.39, 0.29) is 48.7 Å². The third-order valence-electron chi connectivity index (χ3n) is 10.1. The summed E-state index contributed by atoms with van der Waals surface area (Å²) in [4.78, 5) is 56.5. The van der Waals surface area contributed by atoms with Gasteiger partial charge in [0.25, 0.3) is 11.5 Å². The van der Waals surface area contributed by atoms with Crippen LogP contribution in [0, 0.1) is 5.92 Å². The van der Waals surface area contributed by atoms with Gasteiger partial charge in [0.15, 0.2) is 19.7 Å². The maximum Gasteiger partial charge on any atom is 0.297 e. The van der Waals surface area contributed by atoms with Gasteiger partial charge < -0.3 is 33.9 Å². The number of carbonyl (C=O) groups is 2. The number of methoxy groups -OCH3 is 2. The van der Waals surface area contributed by atoms with E-state index in [0.29, 0.717) is 29.2 Å². The van der Waals surface area contributed by atoms with Crippen molar-refractivity contribution in [1.82, 2.24) is 9.47 Å². The Balaban J connectivity index is 1.38. The summed E-state index contributed by atoms with van der Waals surface area (Å²) in [5.74, 6) is -0.0855. The van der Waals surface area contributed by atoms with Crippen molar-refractivity contribution in [3.8, 4) is 17.2 Å². The van der Waals surface area contributed by atoms with Crippen LogP contribution in [0.1, 0.15) is 37.3 Å². The van der Waals surface area contributed by atoms with Gasteiger partial charge in [-0.1, -0.05) is 19.1 Å². The number of nitrogens with zero attached hydrogens (tertiary/aromatic N) is 3. The summed E-state index contributed by atoms with van der Waals surface area (Å²) in [5.41, 5.74) is 0.553. The van der Waals surface area contributed by atoms with E-state index in [2.05, 4.69) is 0 Å². The molecule has 4 heterocycles. The van der Waals surface area contributed by atoms with Gasteiger partial charge >= 0.3 is 0 Å². The largest absolute Gasteiger partial charge is 0.497 e. The van der Waals surface area contributed by atoms with Crippen molar-refractivity contribution in [1.29, 1.82) is 0 Å². The number of aliphatic hydroxyl groups is 1. The van der Waals surface area contributed by atoms with E-state index in [1.165, 1.54) is 11.7 Å². The molecule has 12 heteroatoms. The summed E-state index contributed by atoms with van der Waals surface area (Å²) in [6, 6.07) is 16.0. The molecule has 2 aromatic carbocycles. The minimum absolute atomic E-state index is 0.00810. The zero-order valence-corrected chi connectivity index (χ0v) is 28.5. The Morgan fingerprint density at radius 1 is 1.09 bits per heavy atom. The topological polar surface area (TPSA) is 131 Å². The maximum absolute atomic E-state index is 14.8. The molecule has 5 atom stereocenters.